The van der Waals surface area contributed by atoms with Crippen molar-refractivity contribution in [1.29, 1.82) is 0 Å². The number of fused-ring (bicyclic) bond motifs is 1. The van der Waals surface area contributed by atoms with Gasteiger partial charge >= 0.3 is 0 Å². The second kappa shape index (κ2) is 6.53. The molecule has 1 aromatic carbocycles. The minimum atomic E-state index is -4.06. The van der Waals surface area contributed by atoms with Crippen molar-refractivity contribution in [2.45, 2.75) is 12.0 Å². The molecule has 3 aromatic rings. The zero-order chi connectivity index (χ0) is 19.2. The Hall–Kier alpha value is -2.16. The summed E-state index contributed by atoms with van der Waals surface area (Å²) in [5, 5.41) is 0.911. The fourth-order valence-corrected chi connectivity index (χ4v) is 4.09. The Balaban J connectivity index is 2.02. The number of carbonyl (C=O) groups excluding carboxylic acids is 1. The van der Waals surface area contributed by atoms with Crippen LogP contribution in [0.1, 0.15) is 16.1 Å². The molecule has 0 spiro atoms. The van der Waals surface area contributed by atoms with Crippen molar-refractivity contribution in [3.05, 3.63) is 45.8 Å². The molecule has 0 aliphatic carbocycles. The Kier molecular flexibility index (Phi) is 4.68. The number of nitrogens with one attached hydrogen (secondary N) is 2. The topological polar surface area (TPSA) is 95.4 Å². The van der Waals surface area contributed by atoms with E-state index in [9.17, 15) is 13.2 Å². The fraction of sp³-hybridized carbons (Fsp3) is 0.188. The molecule has 0 fully saturated rings. The summed E-state index contributed by atoms with van der Waals surface area (Å²) in [6, 6.07) is 4.35. The van der Waals surface area contributed by atoms with Gasteiger partial charge in [-0.25, -0.2) is 0 Å². The largest absolute Gasteiger partial charge is 0.437 e. The number of rotatable bonds is 4. The Morgan fingerprint density at radius 1 is 1.23 bits per heavy atom. The summed E-state index contributed by atoms with van der Waals surface area (Å²) in [7, 11) is -0.959. The van der Waals surface area contributed by atoms with E-state index in [-0.39, 0.29) is 16.5 Å². The SMILES string of the molecule is Cc1cc(S(=O)(=O)Nc2ccc(Cl)c3c(Cl)c[nH]c23)oc1C(=O)N(C)C. The smallest absolute Gasteiger partial charge is 0.295 e. The third kappa shape index (κ3) is 3.15. The summed E-state index contributed by atoms with van der Waals surface area (Å²) in [6.07, 6.45) is 1.51. The molecular formula is C16H15Cl2N3O4S. The molecule has 0 saturated carbocycles. The van der Waals surface area contributed by atoms with Crippen LogP contribution in [0.2, 0.25) is 10.0 Å². The molecule has 0 bridgehead atoms. The van der Waals surface area contributed by atoms with Crippen molar-refractivity contribution < 1.29 is 17.6 Å². The molecule has 1 amide bonds. The number of aromatic amines is 1. The third-order valence-corrected chi connectivity index (χ3v) is 5.57. The Labute approximate surface area is 159 Å². The van der Waals surface area contributed by atoms with Crippen LogP contribution < -0.4 is 4.72 Å². The van der Waals surface area contributed by atoms with Crippen LogP contribution in [-0.4, -0.2) is 38.3 Å². The summed E-state index contributed by atoms with van der Waals surface area (Å²) in [4.78, 5) is 16.3. The number of furan rings is 1. The summed E-state index contributed by atoms with van der Waals surface area (Å²) < 4.78 is 33.1. The number of hydrogen-bond donors (Lipinski definition) is 2. The van der Waals surface area contributed by atoms with Crippen LogP contribution in [-0.2, 0) is 10.0 Å². The maximum atomic E-state index is 12.7. The number of halogens is 2. The molecule has 0 radical (unpaired) electrons. The number of sulfonamides is 1. The molecule has 26 heavy (non-hydrogen) atoms. The van der Waals surface area contributed by atoms with Crippen molar-refractivity contribution in [2.24, 2.45) is 0 Å². The molecule has 2 aromatic heterocycles. The highest BCUT2D eigenvalue weighted by Crippen LogP contribution is 2.35. The maximum absolute atomic E-state index is 12.7. The Morgan fingerprint density at radius 2 is 1.92 bits per heavy atom. The molecule has 138 valence electrons. The van der Waals surface area contributed by atoms with Crippen LogP contribution >= 0.6 is 23.2 Å². The first-order chi connectivity index (χ1) is 12.1. The van der Waals surface area contributed by atoms with Gasteiger partial charge in [-0.15, -0.1) is 0 Å². The van der Waals surface area contributed by atoms with E-state index in [1.807, 2.05) is 0 Å². The number of aromatic nitrogens is 1. The van der Waals surface area contributed by atoms with Gasteiger partial charge in [-0.2, -0.15) is 8.42 Å². The molecule has 10 heteroatoms. The average Bonchev–Trinajstić information content (AvgIpc) is 3.14. The van der Waals surface area contributed by atoms with Gasteiger partial charge in [0.25, 0.3) is 15.9 Å². The molecule has 7 nitrogen and oxygen atoms in total. The van der Waals surface area contributed by atoms with Crippen LogP contribution in [0.15, 0.2) is 33.9 Å². The van der Waals surface area contributed by atoms with Crippen molar-refractivity contribution in [3.63, 3.8) is 0 Å². The lowest BCUT2D eigenvalue weighted by atomic mass is 10.2. The van der Waals surface area contributed by atoms with E-state index in [4.69, 9.17) is 27.6 Å². The molecule has 0 aliphatic heterocycles. The minimum absolute atomic E-state index is 0.0282. The number of benzene rings is 1. The summed E-state index contributed by atoms with van der Waals surface area (Å²) in [5.74, 6) is -0.450. The van der Waals surface area contributed by atoms with Crippen LogP contribution in [0.5, 0.6) is 0 Å². The molecule has 3 rings (SSSR count). The van der Waals surface area contributed by atoms with E-state index in [2.05, 4.69) is 9.71 Å². The number of amides is 1. The van der Waals surface area contributed by atoms with E-state index >= 15 is 0 Å². The van der Waals surface area contributed by atoms with Crippen LogP contribution in [0.25, 0.3) is 10.9 Å². The fourth-order valence-electron chi connectivity index (χ4n) is 2.45. The monoisotopic (exact) mass is 415 g/mol. The van der Waals surface area contributed by atoms with Crippen LogP contribution in [0.3, 0.4) is 0 Å². The molecule has 2 heterocycles. The molecule has 0 aliphatic rings. The predicted octanol–water partition coefficient (Wildman–Crippen LogP) is 3.88. The first-order valence-electron chi connectivity index (χ1n) is 7.42. The van der Waals surface area contributed by atoms with Gasteiger partial charge in [0.15, 0.2) is 5.76 Å². The summed E-state index contributed by atoms with van der Waals surface area (Å²) >= 11 is 12.2. The lowest BCUT2D eigenvalue weighted by Crippen LogP contribution is -2.21. The second-order valence-corrected chi connectivity index (χ2v) is 8.29. The van der Waals surface area contributed by atoms with Crippen molar-refractivity contribution in [3.8, 4) is 0 Å². The zero-order valence-electron chi connectivity index (χ0n) is 14.1. The number of hydrogen-bond acceptors (Lipinski definition) is 4. The maximum Gasteiger partial charge on any atom is 0.295 e. The average molecular weight is 416 g/mol. The van der Waals surface area contributed by atoms with E-state index < -0.39 is 15.9 Å². The molecule has 0 saturated heterocycles. The summed E-state index contributed by atoms with van der Waals surface area (Å²) in [6.45, 7) is 1.60. The highest BCUT2D eigenvalue weighted by Gasteiger charge is 2.26. The van der Waals surface area contributed by atoms with Gasteiger partial charge < -0.3 is 14.3 Å². The van der Waals surface area contributed by atoms with Gasteiger partial charge in [0.05, 0.1) is 21.2 Å². The van der Waals surface area contributed by atoms with Crippen molar-refractivity contribution >= 4 is 55.7 Å². The van der Waals surface area contributed by atoms with E-state index in [1.54, 1.807) is 21.0 Å². The standard InChI is InChI=1S/C16H15Cl2N3O4S/c1-8-6-12(25-15(8)16(22)21(2)3)26(23,24)20-11-5-4-9(17)13-10(18)7-19-14(11)13/h4-7,19-20H,1-3H3. The lowest BCUT2D eigenvalue weighted by molar-refractivity contribution is 0.0790. The molecular weight excluding hydrogens is 401 g/mol. The van der Waals surface area contributed by atoms with Gasteiger partial charge in [0, 0.05) is 37.3 Å². The highest BCUT2D eigenvalue weighted by atomic mass is 35.5. The van der Waals surface area contributed by atoms with E-state index in [1.165, 1.54) is 29.3 Å². The van der Waals surface area contributed by atoms with E-state index in [0.29, 0.717) is 26.5 Å². The quantitative estimate of drug-likeness (QED) is 0.675. The highest BCUT2D eigenvalue weighted by molar-refractivity contribution is 7.92. The van der Waals surface area contributed by atoms with Crippen molar-refractivity contribution in [1.82, 2.24) is 9.88 Å². The number of H-pyrrole nitrogens is 1. The minimum Gasteiger partial charge on any atom is -0.437 e. The predicted molar refractivity (Wildman–Crippen MR) is 101 cm³/mol. The Bertz CT molecular complexity index is 1120. The molecule has 2 N–H and O–H groups in total. The number of anilines is 1. The van der Waals surface area contributed by atoms with Gasteiger partial charge in [-0.3, -0.25) is 9.52 Å². The van der Waals surface area contributed by atoms with Gasteiger partial charge in [0.1, 0.15) is 0 Å². The third-order valence-electron chi connectivity index (χ3n) is 3.74. The zero-order valence-corrected chi connectivity index (χ0v) is 16.4. The number of aryl methyl sites for hydroxylation is 1. The van der Waals surface area contributed by atoms with Gasteiger partial charge in [-0.05, 0) is 19.1 Å². The second-order valence-electron chi connectivity index (χ2n) is 5.86. The first kappa shape index (κ1) is 18.6. The first-order valence-corrected chi connectivity index (χ1v) is 9.65. The van der Waals surface area contributed by atoms with E-state index in [0.717, 1.165) is 0 Å². The Morgan fingerprint density at radius 3 is 2.58 bits per heavy atom. The molecule has 0 atom stereocenters. The van der Waals surface area contributed by atoms with Crippen LogP contribution in [0.4, 0.5) is 5.69 Å². The molecule has 0 unspecified atom stereocenters. The normalized spacial score (nSPS) is 11.7. The van der Waals surface area contributed by atoms with Gasteiger partial charge in [0.2, 0.25) is 5.09 Å². The van der Waals surface area contributed by atoms with Crippen molar-refractivity contribution in [2.75, 3.05) is 18.8 Å². The lowest BCUT2D eigenvalue weighted by Gasteiger charge is -2.09. The number of carbonyl (C=O) groups is 1. The number of nitrogens with zero attached hydrogens (tertiary/aromatic N) is 1. The summed E-state index contributed by atoms with van der Waals surface area (Å²) in [5.41, 5.74) is 1.12. The van der Waals surface area contributed by atoms with Crippen LogP contribution in [0, 0.1) is 6.92 Å². The van der Waals surface area contributed by atoms with Gasteiger partial charge in [-0.1, -0.05) is 23.2 Å².